The SMILES string of the molecule is CN=C(N)CC(=S)NC. The molecule has 0 radical (unpaired) electrons. The van der Waals surface area contributed by atoms with Crippen LogP contribution in [0.3, 0.4) is 0 Å². The quantitative estimate of drug-likeness (QED) is 0.324. The number of hydrogen-bond donors (Lipinski definition) is 2. The van der Waals surface area contributed by atoms with Crippen LogP contribution >= 0.6 is 12.2 Å². The monoisotopic (exact) mass is 145 g/mol. The predicted molar refractivity (Wildman–Crippen MR) is 43.8 cm³/mol. The van der Waals surface area contributed by atoms with Gasteiger partial charge in [-0.3, -0.25) is 4.99 Å². The van der Waals surface area contributed by atoms with Crippen molar-refractivity contribution in [1.29, 1.82) is 0 Å². The molecule has 0 heterocycles. The van der Waals surface area contributed by atoms with Crippen LogP contribution in [-0.4, -0.2) is 24.9 Å². The minimum Gasteiger partial charge on any atom is -0.387 e. The molecule has 4 heteroatoms. The molecule has 0 unspecified atom stereocenters. The third-order valence-electron chi connectivity index (χ3n) is 0.908. The van der Waals surface area contributed by atoms with Crippen molar-refractivity contribution >= 4 is 23.0 Å². The highest BCUT2D eigenvalue weighted by atomic mass is 32.1. The largest absolute Gasteiger partial charge is 0.387 e. The van der Waals surface area contributed by atoms with Gasteiger partial charge in [0.05, 0.1) is 11.4 Å². The fraction of sp³-hybridized carbons (Fsp3) is 0.600. The first-order valence-corrected chi connectivity index (χ1v) is 3.03. The Bertz CT molecular complexity index is 130. The van der Waals surface area contributed by atoms with E-state index in [1.54, 1.807) is 14.1 Å². The van der Waals surface area contributed by atoms with Crippen molar-refractivity contribution in [2.24, 2.45) is 10.7 Å². The van der Waals surface area contributed by atoms with Crippen molar-refractivity contribution < 1.29 is 0 Å². The first-order valence-electron chi connectivity index (χ1n) is 2.62. The molecule has 0 aromatic heterocycles. The second kappa shape index (κ2) is 4.26. The number of amidine groups is 1. The maximum atomic E-state index is 5.37. The standard InChI is InChI=1S/C5H11N3S/c1-7-4(6)3-5(9)8-2/h3H2,1-2H3,(H2,6,7)(H,8,9). The summed E-state index contributed by atoms with van der Waals surface area (Å²) in [6.45, 7) is 0. The maximum absolute atomic E-state index is 5.37. The van der Waals surface area contributed by atoms with Crippen LogP contribution in [-0.2, 0) is 0 Å². The van der Waals surface area contributed by atoms with Crippen LogP contribution in [0.5, 0.6) is 0 Å². The van der Waals surface area contributed by atoms with E-state index in [4.69, 9.17) is 18.0 Å². The summed E-state index contributed by atoms with van der Waals surface area (Å²) < 4.78 is 0. The van der Waals surface area contributed by atoms with E-state index in [0.29, 0.717) is 12.3 Å². The number of rotatable bonds is 2. The van der Waals surface area contributed by atoms with Crippen molar-refractivity contribution in [3.8, 4) is 0 Å². The van der Waals surface area contributed by atoms with Gasteiger partial charge in [0.1, 0.15) is 5.84 Å². The lowest BCUT2D eigenvalue weighted by molar-refractivity contribution is 1.16. The third-order valence-corrected chi connectivity index (χ3v) is 1.26. The Morgan fingerprint density at radius 1 is 1.78 bits per heavy atom. The number of nitrogens with zero attached hydrogens (tertiary/aromatic N) is 1. The smallest absolute Gasteiger partial charge is 0.100 e. The molecule has 0 bridgehead atoms. The molecule has 9 heavy (non-hydrogen) atoms. The molecule has 3 N–H and O–H groups in total. The first-order chi connectivity index (χ1) is 4.20. The maximum Gasteiger partial charge on any atom is 0.100 e. The summed E-state index contributed by atoms with van der Waals surface area (Å²) >= 11 is 4.83. The third kappa shape index (κ3) is 3.90. The number of nitrogens with one attached hydrogen (secondary N) is 1. The van der Waals surface area contributed by atoms with Gasteiger partial charge in [-0.25, -0.2) is 0 Å². The fourth-order valence-corrected chi connectivity index (χ4v) is 0.480. The summed E-state index contributed by atoms with van der Waals surface area (Å²) in [6.07, 6.45) is 0.558. The van der Waals surface area contributed by atoms with Crippen molar-refractivity contribution in [1.82, 2.24) is 5.32 Å². The van der Waals surface area contributed by atoms with Gasteiger partial charge in [0, 0.05) is 14.1 Å². The van der Waals surface area contributed by atoms with E-state index in [-0.39, 0.29) is 0 Å². The zero-order valence-corrected chi connectivity index (χ0v) is 6.46. The van der Waals surface area contributed by atoms with Crippen molar-refractivity contribution in [3.05, 3.63) is 0 Å². The van der Waals surface area contributed by atoms with E-state index >= 15 is 0 Å². The Labute approximate surface area is 60.3 Å². The molecular formula is C5H11N3S. The van der Waals surface area contributed by atoms with E-state index in [9.17, 15) is 0 Å². The molecule has 0 aliphatic heterocycles. The Morgan fingerprint density at radius 3 is 2.67 bits per heavy atom. The van der Waals surface area contributed by atoms with Gasteiger partial charge in [-0.05, 0) is 0 Å². The minimum absolute atomic E-state index is 0.558. The van der Waals surface area contributed by atoms with Crippen molar-refractivity contribution in [2.75, 3.05) is 14.1 Å². The van der Waals surface area contributed by atoms with Crippen LogP contribution in [0.25, 0.3) is 0 Å². The molecule has 0 amide bonds. The summed E-state index contributed by atoms with van der Waals surface area (Å²) in [5, 5.41) is 2.80. The average molecular weight is 145 g/mol. The van der Waals surface area contributed by atoms with Gasteiger partial charge in [-0.15, -0.1) is 0 Å². The van der Waals surface area contributed by atoms with Gasteiger partial charge in [0.25, 0.3) is 0 Å². The van der Waals surface area contributed by atoms with Gasteiger partial charge in [-0.2, -0.15) is 0 Å². The highest BCUT2D eigenvalue weighted by Gasteiger charge is 1.93. The molecule has 0 aliphatic rings. The molecule has 0 saturated heterocycles. The van der Waals surface area contributed by atoms with Gasteiger partial charge >= 0.3 is 0 Å². The second-order valence-corrected chi connectivity index (χ2v) is 2.06. The summed E-state index contributed by atoms with van der Waals surface area (Å²) in [4.78, 5) is 4.46. The summed E-state index contributed by atoms with van der Waals surface area (Å²) in [5.41, 5.74) is 5.37. The number of nitrogens with two attached hydrogens (primary N) is 1. The average Bonchev–Trinajstić information content (AvgIpc) is 1.87. The molecule has 52 valence electrons. The summed E-state index contributed by atoms with van der Waals surface area (Å²) in [7, 11) is 3.42. The van der Waals surface area contributed by atoms with Crippen LogP contribution in [0.4, 0.5) is 0 Å². The number of thiocarbonyl (C=S) groups is 1. The van der Waals surface area contributed by atoms with E-state index in [0.717, 1.165) is 4.99 Å². The van der Waals surface area contributed by atoms with Crippen LogP contribution < -0.4 is 11.1 Å². The number of aliphatic imine (C=N–C) groups is 1. The fourth-order valence-electron chi connectivity index (χ4n) is 0.332. The van der Waals surface area contributed by atoms with E-state index in [2.05, 4.69) is 10.3 Å². The lowest BCUT2D eigenvalue weighted by Crippen LogP contribution is -2.23. The zero-order chi connectivity index (χ0) is 7.28. The van der Waals surface area contributed by atoms with Gasteiger partial charge in [0.15, 0.2) is 0 Å². The van der Waals surface area contributed by atoms with E-state index < -0.39 is 0 Å². The predicted octanol–water partition coefficient (Wildman–Crippen LogP) is -0.0897. The van der Waals surface area contributed by atoms with E-state index in [1.165, 1.54) is 0 Å². The Morgan fingerprint density at radius 2 is 2.33 bits per heavy atom. The lowest BCUT2D eigenvalue weighted by Gasteiger charge is -1.99. The van der Waals surface area contributed by atoms with E-state index in [1.807, 2.05) is 0 Å². The summed E-state index contributed by atoms with van der Waals surface area (Å²) in [5.74, 6) is 0.564. The van der Waals surface area contributed by atoms with Gasteiger partial charge in [-0.1, -0.05) is 12.2 Å². The van der Waals surface area contributed by atoms with Crippen LogP contribution in [0.15, 0.2) is 4.99 Å². The molecule has 0 atom stereocenters. The lowest BCUT2D eigenvalue weighted by atomic mass is 10.4. The first kappa shape index (κ1) is 8.36. The normalized spacial score (nSPS) is 11.1. The molecule has 0 fully saturated rings. The highest BCUT2D eigenvalue weighted by molar-refractivity contribution is 7.80. The molecule has 0 aromatic rings. The van der Waals surface area contributed by atoms with Gasteiger partial charge < -0.3 is 11.1 Å². The van der Waals surface area contributed by atoms with Gasteiger partial charge in [0.2, 0.25) is 0 Å². The molecule has 0 aromatic carbocycles. The molecular weight excluding hydrogens is 134 g/mol. The van der Waals surface area contributed by atoms with Crippen molar-refractivity contribution in [3.63, 3.8) is 0 Å². The molecule has 0 aliphatic carbocycles. The molecule has 3 nitrogen and oxygen atoms in total. The zero-order valence-electron chi connectivity index (χ0n) is 5.64. The molecule has 0 saturated carbocycles. The highest BCUT2D eigenvalue weighted by Crippen LogP contribution is 1.80. The molecule has 0 spiro atoms. The Kier molecular flexibility index (Phi) is 3.96. The van der Waals surface area contributed by atoms with Crippen molar-refractivity contribution in [2.45, 2.75) is 6.42 Å². The summed E-state index contributed by atoms with van der Waals surface area (Å²) in [6, 6.07) is 0. The van der Waals surface area contributed by atoms with Crippen LogP contribution in [0.1, 0.15) is 6.42 Å². The minimum atomic E-state index is 0.558. The Balaban J connectivity index is 3.60. The van der Waals surface area contributed by atoms with Crippen LogP contribution in [0.2, 0.25) is 0 Å². The Hall–Kier alpha value is -0.640. The second-order valence-electron chi connectivity index (χ2n) is 1.56. The van der Waals surface area contributed by atoms with Crippen LogP contribution in [0, 0.1) is 0 Å². The molecule has 0 rings (SSSR count). The topological polar surface area (TPSA) is 50.4 Å². The number of hydrogen-bond acceptors (Lipinski definition) is 2.